The fourth-order valence-corrected chi connectivity index (χ4v) is 2.08. The van der Waals surface area contributed by atoms with Gasteiger partial charge in [-0.25, -0.2) is 8.42 Å². The molecule has 0 aromatic carbocycles. The van der Waals surface area contributed by atoms with Crippen LogP contribution in [0.3, 0.4) is 0 Å². The Hall–Kier alpha value is -0.130. The SMILES string of the molecule is CS(=O)(=O)CCOC1CCCCC1N. The molecule has 1 aliphatic carbocycles. The normalized spacial score (nSPS) is 29.0. The van der Waals surface area contributed by atoms with E-state index in [9.17, 15) is 8.42 Å². The Morgan fingerprint density at radius 1 is 1.36 bits per heavy atom. The molecular formula is C9H19NO3S. The summed E-state index contributed by atoms with van der Waals surface area (Å²) in [4.78, 5) is 0. The molecular weight excluding hydrogens is 202 g/mol. The lowest BCUT2D eigenvalue weighted by Gasteiger charge is -2.28. The zero-order chi connectivity index (χ0) is 10.6. The van der Waals surface area contributed by atoms with Gasteiger partial charge in [-0.2, -0.15) is 0 Å². The van der Waals surface area contributed by atoms with Crippen molar-refractivity contribution in [3.8, 4) is 0 Å². The van der Waals surface area contributed by atoms with Crippen LogP contribution in [-0.4, -0.2) is 39.2 Å². The lowest BCUT2D eigenvalue weighted by Crippen LogP contribution is -2.40. The number of rotatable bonds is 4. The zero-order valence-electron chi connectivity index (χ0n) is 8.61. The molecule has 0 radical (unpaired) electrons. The monoisotopic (exact) mass is 221 g/mol. The number of sulfone groups is 1. The van der Waals surface area contributed by atoms with Crippen molar-refractivity contribution in [2.75, 3.05) is 18.6 Å². The van der Waals surface area contributed by atoms with Crippen molar-refractivity contribution >= 4 is 9.84 Å². The lowest BCUT2D eigenvalue weighted by atomic mass is 9.93. The molecule has 1 aliphatic rings. The summed E-state index contributed by atoms with van der Waals surface area (Å²) in [7, 11) is -2.91. The van der Waals surface area contributed by atoms with Crippen molar-refractivity contribution in [3.05, 3.63) is 0 Å². The van der Waals surface area contributed by atoms with Gasteiger partial charge >= 0.3 is 0 Å². The minimum Gasteiger partial charge on any atom is -0.376 e. The third kappa shape index (κ3) is 4.39. The van der Waals surface area contributed by atoms with Gasteiger partial charge in [-0.3, -0.25) is 0 Å². The molecule has 0 spiro atoms. The van der Waals surface area contributed by atoms with E-state index >= 15 is 0 Å². The predicted octanol–water partition coefficient (Wildman–Crippen LogP) is 0.318. The molecule has 0 aromatic heterocycles. The Labute approximate surface area is 85.7 Å². The maximum absolute atomic E-state index is 10.8. The average molecular weight is 221 g/mol. The fraction of sp³-hybridized carbons (Fsp3) is 1.00. The van der Waals surface area contributed by atoms with E-state index in [4.69, 9.17) is 10.5 Å². The number of nitrogens with two attached hydrogens (primary N) is 1. The summed E-state index contributed by atoms with van der Waals surface area (Å²) in [6.07, 6.45) is 5.53. The Morgan fingerprint density at radius 2 is 2.00 bits per heavy atom. The van der Waals surface area contributed by atoms with E-state index in [0.29, 0.717) is 0 Å². The molecule has 14 heavy (non-hydrogen) atoms. The van der Waals surface area contributed by atoms with Crippen molar-refractivity contribution in [1.82, 2.24) is 0 Å². The first-order chi connectivity index (χ1) is 6.49. The van der Waals surface area contributed by atoms with Crippen LogP contribution in [0.25, 0.3) is 0 Å². The molecule has 2 atom stereocenters. The second-order valence-corrected chi connectivity index (χ2v) is 6.25. The predicted molar refractivity (Wildman–Crippen MR) is 55.9 cm³/mol. The summed E-state index contributed by atoms with van der Waals surface area (Å²) in [5.41, 5.74) is 5.85. The quantitative estimate of drug-likeness (QED) is 0.742. The van der Waals surface area contributed by atoms with Gasteiger partial charge in [-0.05, 0) is 12.8 Å². The van der Waals surface area contributed by atoms with Crippen molar-refractivity contribution < 1.29 is 13.2 Å². The first-order valence-corrected chi connectivity index (χ1v) is 7.10. The maximum atomic E-state index is 10.8. The highest BCUT2D eigenvalue weighted by Gasteiger charge is 2.22. The van der Waals surface area contributed by atoms with E-state index in [1.54, 1.807) is 0 Å². The highest BCUT2D eigenvalue weighted by molar-refractivity contribution is 7.90. The largest absolute Gasteiger partial charge is 0.376 e. The molecule has 84 valence electrons. The average Bonchev–Trinajstić information content (AvgIpc) is 2.06. The van der Waals surface area contributed by atoms with Gasteiger partial charge in [0.2, 0.25) is 0 Å². The molecule has 0 amide bonds. The number of ether oxygens (including phenoxy) is 1. The van der Waals surface area contributed by atoms with Gasteiger partial charge in [0.25, 0.3) is 0 Å². The molecule has 0 saturated heterocycles. The van der Waals surface area contributed by atoms with Gasteiger partial charge in [-0.15, -0.1) is 0 Å². The van der Waals surface area contributed by atoms with E-state index in [0.717, 1.165) is 25.7 Å². The zero-order valence-corrected chi connectivity index (χ0v) is 9.42. The third-order valence-electron chi connectivity index (χ3n) is 2.54. The van der Waals surface area contributed by atoms with E-state index < -0.39 is 9.84 Å². The molecule has 1 fully saturated rings. The Kier molecular flexibility index (Phi) is 4.34. The lowest BCUT2D eigenvalue weighted by molar-refractivity contribution is 0.0239. The summed E-state index contributed by atoms with van der Waals surface area (Å²) in [6, 6.07) is 0.0864. The van der Waals surface area contributed by atoms with Gasteiger partial charge in [0.1, 0.15) is 9.84 Å². The van der Waals surface area contributed by atoms with Crippen molar-refractivity contribution in [3.63, 3.8) is 0 Å². The van der Waals surface area contributed by atoms with Crippen LogP contribution < -0.4 is 5.73 Å². The van der Waals surface area contributed by atoms with Gasteiger partial charge in [0.05, 0.1) is 18.5 Å². The van der Waals surface area contributed by atoms with Crippen LogP contribution in [0, 0.1) is 0 Å². The smallest absolute Gasteiger partial charge is 0.149 e. The topological polar surface area (TPSA) is 69.4 Å². The summed E-state index contributed by atoms with van der Waals surface area (Å²) >= 11 is 0. The van der Waals surface area contributed by atoms with Crippen LogP contribution in [0.5, 0.6) is 0 Å². The van der Waals surface area contributed by atoms with Crippen LogP contribution in [-0.2, 0) is 14.6 Å². The molecule has 0 aliphatic heterocycles. The highest BCUT2D eigenvalue weighted by Crippen LogP contribution is 2.19. The van der Waals surface area contributed by atoms with Crippen LogP contribution >= 0.6 is 0 Å². The highest BCUT2D eigenvalue weighted by atomic mass is 32.2. The van der Waals surface area contributed by atoms with Gasteiger partial charge in [0, 0.05) is 12.3 Å². The summed E-state index contributed by atoms with van der Waals surface area (Å²) in [5.74, 6) is 0.0935. The Bertz CT molecular complexity index is 263. The van der Waals surface area contributed by atoms with Crippen molar-refractivity contribution in [2.45, 2.75) is 37.8 Å². The second-order valence-electron chi connectivity index (χ2n) is 3.99. The molecule has 5 heteroatoms. The number of hydrogen-bond donors (Lipinski definition) is 1. The van der Waals surface area contributed by atoms with Gasteiger partial charge < -0.3 is 10.5 Å². The molecule has 0 bridgehead atoms. The molecule has 1 saturated carbocycles. The summed E-state index contributed by atoms with van der Waals surface area (Å²) in [6.45, 7) is 0.275. The molecule has 4 nitrogen and oxygen atoms in total. The third-order valence-corrected chi connectivity index (χ3v) is 3.45. The van der Waals surface area contributed by atoms with Crippen molar-refractivity contribution in [1.29, 1.82) is 0 Å². The summed E-state index contributed by atoms with van der Waals surface area (Å²) < 4.78 is 27.2. The minimum atomic E-state index is -2.91. The minimum absolute atomic E-state index is 0.0606. The van der Waals surface area contributed by atoms with E-state index in [1.807, 2.05) is 0 Å². The Balaban J connectivity index is 2.23. The van der Waals surface area contributed by atoms with Crippen molar-refractivity contribution in [2.24, 2.45) is 5.73 Å². The van der Waals surface area contributed by atoms with Gasteiger partial charge in [0.15, 0.2) is 0 Å². The fourth-order valence-electron chi connectivity index (χ4n) is 1.68. The Morgan fingerprint density at radius 3 is 2.57 bits per heavy atom. The first kappa shape index (κ1) is 11.9. The van der Waals surface area contributed by atoms with E-state index in [2.05, 4.69) is 0 Å². The molecule has 2 N–H and O–H groups in total. The molecule has 0 aromatic rings. The molecule has 0 heterocycles. The first-order valence-electron chi connectivity index (χ1n) is 5.04. The van der Waals surface area contributed by atoms with Gasteiger partial charge in [-0.1, -0.05) is 12.8 Å². The van der Waals surface area contributed by atoms with Crippen LogP contribution in [0.2, 0.25) is 0 Å². The van der Waals surface area contributed by atoms with Crippen LogP contribution in [0.15, 0.2) is 0 Å². The van der Waals surface area contributed by atoms with Crippen LogP contribution in [0.1, 0.15) is 25.7 Å². The van der Waals surface area contributed by atoms with E-state index in [1.165, 1.54) is 6.26 Å². The second kappa shape index (κ2) is 5.09. The number of hydrogen-bond acceptors (Lipinski definition) is 4. The summed E-state index contributed by atoms with van der Waals surface area (Å²) in [5, 5.41) is 0. The standard InChI is InChI=1S/C9H19NO3S/c1-14(11,12)7-6-13-9-5-3-2-4-8(9)10/h8-9H,2-7,10H2,1H3. The maximum Gasteiger partial charge on any atom is 0.149 e. The van der Waals surface area contributed by atoms with Crippen LogP contribution in [0.4, 0.5) is 0 Å². The van der Waals surface area contributed by atoms with E-state index in [-0.39, 0.29) is 24.5 Å². The molecule has 1 rings (SSSR count). The molecule has 2 unspecified atom stereocenters.